The Kier molecular flexibility index (Phi) is 50.7. The molecule has 4 nitrogen and oxygen atoms in total. The van der Waals surface area contributed by atoms with Gasteiger partial charge in [-0.25, -0.2) is 0 Å². The molecule has 352 valence electrons. The summed E-state index contributed by atoms with van der Waals surface area (Å²) in [5.41, 5.74) is 0. The van der Waals surface area contributed by atoms with E-state index in [2.05, 4.69) is 19.2 Å². The highest BCUT2D eigenvalue weighted by Gasteiger charge is 2.18. The largest absolute Gasteiger partial charge is 0.394 e. The molecule has 0 saturated heterocycles. The fourth-order valence-electron chi connectivity index (χ4n) is 8.83. The maximum atomic E-state index is 12.4. The lowest BCUT2D eigenvalue weighted by Crippen LogP contribution is -2.45. The summed E-state index contributed by atoms with van der Waals surface area (Å²) in [5, 5.41) is 23.1. The lowest BCUT2D eigenvalue weighted by molar-refractivity contribution is -0.123. The van der Waals surface area contributed by atoms with E-state index < -0.39 is 12.1 Å². The molecule has 0 radical (unpaired) electrons. The van der Waals surface area contributed by atoms with Gasteiger partial charge in [0, 0.05) is 6.42 Å². The van der Waals surface area contributed by atoms with Gasteiger partial charge in [-0.1, -0.05) is 302 Å². The van der Waals surface area contributed by atoms with E-state index in [0.717, 1.165) is 25.7 Å². The molecule has 0 rings (SSSR count). The SMILES string of the molecule is CCCCCCCCCCCCCCCC/C=C/C(O)C(CO)NC(=O)CCCCCCCCCCCCCCCCCCCCCCCCCCCCCCCCC. The Morgan fingerprint density at radius 3 is 0.881 bits per heavy atom. The van der Waals surface area contributed by atoms with Gasteiger partial charge in [-0.3, -0.25) is 4.79 Å². The van der Waals surface area contributed by atoms with Crippen molar-refractivity contribution in [1.82, 2.24) is 5.32 Å². The zero-order chi connectivity index (χ0) is 42.8. The number of aliphatic hydroxyl groups excluding tert-OH is 2. The number of hydrogen-bond acceptors (Lipinski definition) is 3. The summed E-state index contributed by atoms with van der Waals surface area (Å²) in [6.45, 7) is 4.34. The molecular weight excluding hydrogens is 723 g/mol. The Morgan fingerprint density at radius 1 is 0.390 bits per heavy atom. The van der Waals surface area contributed by atoms with Crippen molar-refractivity contribution in [3.05, 3.63) is 12.2 Å². The van der Waals surface area contributed by atoms with Crippen LogP contribution in [0.4, 0.5) is 0 Å². The van der Waals surface area contributed by atoms with Gasteiger partial charge in [0.2, 0.25) is 5.91 Å². The second kappa shape index (κ2) is 51.5. The van der Waals surface area contributed by atoms with Gasteiger partial charge < -0.3 is 15.5 Å². The van der Waals surface area contributed by atoms with E-state index in [9.17, 15) is 15.0 Å². The van der Waals surface area contributed by atoms with E-state index in [1.165, 1.54) is 270 Å². The summed E-state index contributed by atoms with van der Waals surface area (Å²) in [4.78, 5) is 12.4. The van der Waals surface area contributed by atoms with Gasteiger partial charge in [0.25, 0.3) is 0 Å². The molecule has 3 N–H and O–H groups in total. The normalized spacial score (nSPS) is 12.8. The van der Waals surface area contributed by atoms with Gasteiger partial charge in [0.1, 0.15) is 0 Å². The van der Waals surface area contributed by atoms with Crippen LogP contribution >= 0.6 is 0 Å². The third kappa shape index (κ3) is 48.0. The molecule has 2 unspecified atom stereocenters. The Hall–Kier alpha value is -0.870. The van der Waals surface area contributed by atoms with Crippen molar-refractivity contribution in [2.45, 2.75) is 328 Å². The number of unbranched alkanes of at least 4 members (excludes halogenated alkanes) is 44. The van der Waals surface area contributed by atoms with Crippen molar-refractivity contribution in [3.63, 3.8) is 0 Å². The maximum absolute atomic E-state index is 12.4. The van der Waals surface area contributed by atoms with E-state index in [1.54, 1.807) is 6.08 Å². The number of carbonyl (C=O) groups is 1. The molecule has 0 heterocycles. The Morgan fingerprint density at radius 2 is 0.627 bits per heavy atom. The lowest BCUT2D eigenvalue weighted by atomic mass is 10.0. The first-order valence-electron chi connectivity index (χ1n) is 27.4. The molecule has 0 aromatic carbocycles. The highest BCUT2D eigenvalue weighted by atomic mass is 16.3. The van der Waals surface area contributed by atoms with Crippen LogP contribution in [-0.4, -0.2) is 34.9 Å². The summed E-state index contributed by atoms with van der Waals surface area (Å²) in [5.74, 6) is -0.0566. The number of hydrogen-bond donors (Lipinski definition) is 3. The van der Waals surface area contributed by atoms with Crippen LogP contribution in [-0.2, 0) is 4.79 Å². The van der Waals surface area contributed by atoms with Gasteiger partial charge in [0.05, 0.1) is 18.8 Å². The van der Waals surface area contributed by atoms with Gasteiger partial charge in [-0.2, -0.15) is 0 Å². The summed E-state index contributed by atoms with van der Waals surface area (Å²) in [7, 11) is 0. The average Bonchev–Trinajstić information content (AvgIpc) is 3.24. The molecule has 0 aliphatic rings. The van der Waals surface area contributed by atoms with Crippen LogP contribution in [0.5, 0.6) is 0 Å². The number of nitrogens with one attached hydrogen (secondary N) is 1. The van der Waals surface area contributed by atoms with Gasteiger partial charge in [-0.05, 0) is 19.3 Å². The molecule has 0 fully saturated rings. The molecule has 4 heteroatoms. The topological polar surface area (TPSA) is 69.6 Å². The van der Waals surface area contributed by atoms with Crippen LogP contribution < -0.4 is 5.32 Å². The molecule has 0 aliphatic heterocycles. The first-order valence-corrected chi connectivity index (χ1v) is 27.4. The maximum Gasteiger partial charge on any atom is 0.220 e. The Bertz CT molecular complexity index is 814. The first-order chi connectivity index (χ1) is 29.2. The fraction of sp³-hybridized carbons (Fsp3) is 0.945. The van der Waals surface area contributed by atoms with Crippen LogP contribution in [0.3, 0.4) is 0 Å². The summed E-state index contributed by atoms with van der Waals surface area (Å²) >= 11 is 0. The number of carbonyl (C=O) groups excluding carboxylic acids is 1. The van der Waals surface area contributed by atoms with Crippen LogP contribution in [0.25, 0.3) is 0 Å². The van der Waals surface area contributed by atoms with Crippen LogP contribution in [0, 0.1) is 0 Å². The predicted molar refractivity (Wildman–Crippen MR) is 263 cm³/mol. The van der Waals surface area contributed by atoms with Gasteiger partial charge in [-0.15, -0.1) is 0 Å². The highest BCUT2D eigenvalue weighted by Crippen LogP contribution is 2.18. The second-order valence-electron chi connectivity index (χ2n) is 19.0. The second-order valence-corrected chi connectivity index (χ2v) is 19.0. The predicted octanol–water partition coefficient (Wildman–Crippen LogP) is 17.8. The van der Waals surface area contributed by atoms with Gasteiger partial charge in [0.15, 0.2) is 0 Å². The van der Waals surface area contributed by atoms with E-state index in [1.807, 2.05) is 6.08 Å². The molecule has 0 saturated carbocycles. The molecule has 0 aromatic rings. The lowest BCUT2D eigenvalue weighted by Gasteiger charge is -2.20. The number of amides is 1. The number of rotatable bonds is 51. The smallest absolute Gasteiger partial charge is 0.220 e. The Balaban J connectivity index is 3.41. The molecule has 1 amide bonds. The Labute approximate surface area is 371 Å². The standard InChI is InChI=1S/C55H109NO3/c1-3-5-7-9-11-13-15-17-19-21-22-23-24-25-26-27-28-29-30-31-32-33-34-35-37-39-41-43-45-47-49-51-55(59)56-53(52-57)54(58)50-48-46-44-42-40-38-36-20-18-16-14-12-10-8-6-4-2/h48,50,53-54,57-58H,3-47,49,51-52H2,1-2H3,(H,56,59)/b50-48+. The minimum atomic E-state index is -0.834. The molecule has 0 aromatic heterocycles. The third-order valence-electron chi connectivity index (χ3n) is 13.0. The van der Waals surface area contributed by atoms with Crippen LogP contribution in [0.1, 0.15) is 316 Å². The first kappa shape index (κ1) is 58.1. The molecule has 0 bridgehead atoms. The molecule has 0 spiro atoms. The quantitative estimate of drug-likeness (QED) is 0.0422. The third-order valence-corrected chi connectivity index (χ3v) is 13.0. The fourth-order valence-corrected chi connectivity index (χ4v) is 8.83. The highest BCUT2D eigenvalue weighted by molar-refractivity contribution is 5.76. The summed E-state index contributed by atoms with van der Waals surface area (Å²) in [6.07, 6.45) is 66.6. The van der Waals surface area contributed by atoms with Crippen molar-refractivity contribution in [1.29, 1.82) is 0 Å². The van der Waals surface area contributed by atoms with E-state index in [0.29, 0.717) is 6.42 Å². The van der Waals surface area contributed by atoms with Crippen molar-refractivity contribution in [2.24, 2.45) is 0 Å². The van der Waals surface area contributed by atoms with Crippen molar-refractivity contribution < 1.29 is 15.0 Å². The molecule has 0 aliphatic carbocycles. The number of allylic oxidation sites excluding steroid dienone is 1. The van der Waals surface area contributed by atoms with Crippen molar-refractivity contribution >= 4 is 5.91 Å². The summed E-state index contributed by atoms with van der Waals surface area (Å²) in [6, 6.07) is -0.617. The average molecular weight is 832 g/mol. The minimum Gasteiger partial charge on any atom is -0.394 e. The van der Waals surface area contributed by atoms with Crippen molar-refractivity contribution in [2.75, 3.05) is 6.61 Å². The van der Waals surface area contributed by atoms with E-state index >= 15 is 0 Å². The van der Waals surface area contributed by atoms with Crippen LogP contribution in [0.15, 0.2) is 12.2 Å². The van der Waals surface area contributed by atoms with E-state index in [4.69, 9.17) is 0 Å². The van der Waals surface area contributed by atoms with E-state index in [-0.39, 0.29) is 12.5 Å². The van der Waals surface area contributed by atoms with Crippen LogP contribution in [0.2, 0.25) is 0 Å². The van der Waals surface area contributed by atoms with Gasteiger partial charge >= 0.3 is 0 Å². The molecule has 2 atom stereocenters. The zero-order valence-electron chi connectivity index (χ0n) is 40.6. The minimum absolute atomic E-state index is 0.0566. The molecular formula is C55H109NO3. The number of aliphatic hydroxyl groups is 2. The summed E-state index contributed by atoms with van der Waals surface area (Å²) < 4.78 is 0. The molecule has 59 heavy (non-hydrogen) atoms. The monoisotopic (exact) mass is 832 g/mol. The van der Waals surface area contributed by atoms with Crippen molar-refractivity contribution in [3.8, 4) is 0 Å². The zero-order valence-corrected chi connectivity index (χ0v) is 40.6.